The molecular formula is C14H22N4O. The van der Waals surface area contributed by atoms with Gasteiger partial charge in [-0.05, 0) is 31.9 Å². The zero-order valence-electron chi connectivity index (χ0n) is 11.6. The maximum atomic E-state index is 12.0. The van der Waals surface area contributed by atoms with Crippen LogP contribution in [0.25, 0.3) is 0 Å². The topological polar surface area (TPSA) is 72.4 Å². The van der Waals surface area contributed by atoms with Crippen molar-refractivity contribution in [2.75, 3.05) is 0 Å². The van der Waals surface area contributed by atoms with Crippen LogP contribution in [0.1, 0.15) is 36.9 Å². The van der Waals surface area contributed by atoms with Crippen molar-refractivity contribution >= 4 is 5.96 Å². The zero-order chi connectivity index (χ0) is 13.8. The number of pyridine rings is 1. The molecule has 19 heavy (non-hydrogen) atoms. The van der Waals surface area contributed by atoms with Crippen molar-refractivity contribution in [3.63, 3.8) is 0 Å². The largest absolute Gasteiger partial charge is 0.370 e. The first-order valence-corrected chi connectivity index (χ1v) is 6.80. The number of aryl methyl sites for hydroxylation is 1. The second kappa shape index (κ2) is 5.91. The van der Waals surface area contributed by atoms with Crippen LogP contribution in [0.3, 0.4) is 0 Å². The van der Waals surface area contributed by atoms with E-state index in [1.807, 2.05) is 19.1 Å². The van der Waals surface area contributed by atoms with Crippen LogP contribution in [0, 0.1) is 6.92 Å². The summed E-state index contributed by atoms with van der Waals surface area (Å²) in [6, 6.07) is 4.20. The summed E-state index contributed by atoms with van der Waals surface area (Å²) in [6.07, 6.45) is 4.82. The molecule has 1 aromatic heterocycles. The van der Waals surface area contributed by atoms with Gasteiger partial charge in [0, 0.05) is 24.3 Å². The number of rotatable bonds is 3. The molecule has 0 atom stereocenters. The minimum absolute atomic E-state index is 0.00239. The highest BCUT2D eigenvalue weighted by Gasteiger charge is 2.14. The summed E-state index contributed by atoms with van der Waals surface area (Å²) < 4.78 is 1.63. The molecule has 0 saturated heterocycles. The SMILES string of the molecule is Cc1ccc(CN=C(N)NC2CCCC2)c(=O)n1C. The molecule has 2 rings (SSSR count). The highest BCUT2D eigenvalue weighted by molar-refractivity contribution is 5.78. The lowest BCUT2D eigenvalue weighted by Gasteiger charge is -2.12. The summed E-state index contributed by atoms with van der Waals surface area (Å²) >= 11 is 0. The van der Waals surface area contributed by atoms with Crippen LogP contribution in [0.4, 0.5) is 0 Å². The Bertz CT molecular complexity index is 527. The lowest BCUT2D eigenvalue weighted by Crippen LogP contribution is -2.38. The number of nitrogens with two attached hydrogens (primary N) is 1. The number of aromatic nitrogens is 1. The van der Waals surface area contributed by atoms with Gasteiger partial charge in [-0.2, -0.15) is 0 Å². The average Bonchev–Trinajstić information content (AvgIpc) is 2.88. The molecule has 104 valence electrons. The molecule has 3 N–H and O–H groups in total. The Labute approximate surface area is 113 Å². The van der Waals surface area contributed by atoms with Gasteiger partial charge in [-0.3, -0.25) is 4.79 Å². The van der Waals surface area contributed by atoms with Crippen molar-refractivity contribution in [1.82, 2.24) is 9.88 Å². The van der Waals surface area contributed by atoms with Gasteiger partial charge in [0.2, 0.25) is 0 Å². The summed E-state index contributed by atoms with van der Waals surface area (Å²) in [6.45, 7) is 2.24. The smallest absolute Gasteiger partial charge is 0.255 e. The van der Waals surface area contributed by atoms with Gasteiger partial charge < -0.3 is 15.6 Å². The molecule has 1 aliphatic carbocycles. The molecule has 0 aliphatic heterocycles. The number of nitrogens with one attached hydrogen (secondary N) is 1. The standard InChI is InChI=1S/C14H22N4O/c1-10-7-8-11(13(19)18(10)2)9-16-14(15)17-12-5-3-4-6-12/h7-8,12H,3-6,9H2,1-2H3,(H3,15,16,17). The molecule has 1 aromatic rings. The third-order valence-electron chi connectivity index (χ3n) is 3.76. The molecule has 0 radical (unpaired) electrons. The van der Waals surface area contributed by atoms with E-state index in [0.29, 0.717) is 24.1 Å². The molecule has 5 heteroatoms. The van der Waals surface area contributed by atoms with Gasteiger partial charge in [0.25, 0.3) is 5.56 Å². The van der Waals surface area contributed by atoms with Crippen molar-refractivity contribution in [2.24, 2.45) is 17.8 Å². The van der Waals surface area contributed by atoms with Crippen LogP contribution in [0.5, 0.6) is 0 Å². The number of nitrogens with zero attached hydrogens (tertiary/aromatic N) is 2. The Morgan fingerprint density at radius 2 is 2.16 bits per heavy atom. The zero-order valence-corrected chi connectivity index (χ0v) is 11.6. The van der Waals surface area contributed by atoms with Gasteiger partial charge in [0.05, 0.1) is 6.54 Å². The maximum Gasteiger partial charge on any atom is 0.255 e. The van der Waals surface area contributed by atoms with Crippen molar-refractivity contribution in [1.29, 1.82) is 0 Å². The molecule has 0 spiro atoms. The Morgan fingerprint density at radius 3 is 2.84 bits per heavy atom. The highest BCUT2D eigenvalue weighted by atomic mass is 16.1. The van der Waals surface area contributed by atoms with Crippen molar-refractivity contribution in [3.05, 3.63) is 33.7 Å². The summed E-state index contributed by atoms with van der Waals surface area (Å²) in [5.41, 5.74) is 7.46. The summed E-state index contributed by atoms with van der Waals surface area (Å²) in [4.78, 5) is 16.2. The van der Waals surface area contributed by atoms with Crippen LogP contribution in [0.2, 0.25) is 0 Å². The van der Waals surface area contributed by atoms with E-state index in [-0.39, 0.29) is 5.56 Å². The number of guanidine groups is 1. The van der Waals surface area contributed by atoms with Crippen LogP contribution >= 0.6 is 0 Å². The fourth-order valence-corrected chi connectivity index (χ4v) is 2.40. The molecular weight excluding hydrogens is 240 g/mol. The molecule has 0 amide bonds. The third kappa shape index (κ3) is 3.36. The van der Waals surface area contributed by atoms with E-state index in [4.69, 9.17) is 5.73 Å². The van der Waals surface area contributed by atoms with E-state index in [0.717, 1.165) is 18.5 Å². The fourth-order valence-electron chi connectivity index (χ4n) is 2.40. The van der Waals surface area contributed by atoms with E-state index in [1.54, 1.807) is 11.6 Å². The number of hydrogen-bond acceptors (Lipinski definition) is 2. The van der Waals surface area contributed by atoms with Crippen molar-refractivity contribution in [2.45, 2.75) is 45.2 Å². The highest BCUT2D eigenvalue weighted by Crippen LogP contribution is 2.17. The molecule has 1 heterocycles. The average molecular weight is 262 g/mol. The predicted octanol–water partition coefficient (Wildman–Crippen LogP) is 1.04. The first-order chi connectivity index (χ1) is 9.08. The lowest BCUT2D eigenvalue weighted by molar-refractivity contribution is 0.625. The summed E-state index contributed by atoms with van der Waals surface area (Å²) in [7, 11) is 1.77. The minimum Gasteiger partial charge on any atom is -0.370 e. The first kappa shape index (κ1) is 13.6. The van der Waals surface area contributed by atoms with E-state index < -0.39 is 0 Å². The molecule has 0 unspecified atom stereocenters. The van der Waals surface area contributed by atoms with Crippen molar-refractivity contribution < 1.29 is 0 Å². The Hall–Kier alpha value is -1.78. The maximum absolute atomic E-state index is 12.0. The molecule has 1 fully saturated rings. The fraction of sp³-hybridized carbons (Fsp3) is 0.571. The molecule has 1 saturated carbocycles. The minimum atomic E-state index is -0.00239. The van der Waals surface area contributed by atoms with E-state index in [2.05, 4.69) is 10.3 Å². The molecule has 1 aliphatic rings. The van der Waals surface area contributed by atoms with E-state index in [9.17, 15) is 4.79 Å². The number of hydrogen-bond donors (Lipinski definition) is 2. The van der Waals surface area contributed by atoms with Crippen molar-refractivity contribution in [3.8, 4) is 0 Å². The second-order valence-corrected chi connectivity index (χ2v) is 5.19. The summed E-state index contributed by atoms with van der Waals surface area (Å²) in [5, 5.41) is 3.21. The molecule has 0 aromatic carbocycles. The molecule has 0 bridgehead atoms. The third-order valence-corrected chi connectivity index (χ3v) is 3.76. The lowest BCUT2D eigenvalue weighted by atomic mass is 10.2. The van der Waals surface area contributed by atoms with Gasteiger partial charge in [-0.25, -0.2) is 4.99 Å². The van der Waals surface area contributed by atoms with Crippen LogP contribution < -0.4 is 16.6 Å². The Kier molecular flexibility index (Phi) is 4.24. The van der Waals surface area contributed by atoms with Gasteiger partial charge in [0.1, 0.15) is 0 Å². The summed E-state index contributed by atoms with van der Waals surface area (Å²) in [5.74, 6) is 0.439. The monoisotopic (exact) mass is 262 g/mol. The van der Waals surface area contributed by atoms with Gasteiger partial charge in [-0.1, -0.05) is 12.8 Å². The number of aliphatic imine (C=N–C) groups is 1. The second-order valence-electron chi connectivity index (χ2n) is 5.19. The van der Waals surface area contributed by atoms with E-state index >= 15 is 0 Å². The van der Waals surface area contributed by atoms with Crippen LogP contribution in [-0.4, -0.2) is 16.6 Å². The van der Waals surface area contributed by atoms with Gasteiger partial charge >= 0.3 is 0 Å². The Morgan fingerprint density at radius 1 is 1.47 bits per heavy atom. The molecule has 5 nitrogen and oxygen atoms in total. The predicted molar refractivity (Wildman–Crippen MR) is 77.1 cm³/mol. The van der Waals surface area contributed by atoms with Gasteiger partial charge in [-0.15, -0.1) is 0 Å². The Balaban J connectivity index is 2.01. The van der Waals surface area contributed by atoms with Gasteiger partial charge in [0.15, 0.2) is 5.96 Å². The first-order valence-electron chi connectivity index (χ1n) is 6.80. The normalized spacial score (nSPS) is 16.8. The van der Waals surface area contributed by atoms with Crippen LogP contribution in [-0.2, 0) is 13.6 Å². The van der Waals surface area contributed by atoms with E-state index in [1.165, 1.54) is 12.8 Å². The van der Waals surface area contributed by atoms with Crippen LogP contribution in [0.15, 0.2) is 21.9 Å². The quantitative estimate of drug-likeness (QED) is 0.631.